The summed E-state index contributed by atoms with van der Waals surface area (Å²) < 4.78 is 8.23. The van der Waals surface area contributed by atoms with Crippen LogP contribution in [0, 0.1) is 0 Å². The highest BCUT2D eigenvalue weighted by Gasteiger charge is 2.46. The monoisotopic (exact) mass is 291 g/mol. The number of nitrogens with zero attached hydrogens (tertiary/aromatic N) is 3. The van der Waals surface area contributed by atoms with E-state index >= 15 is 0 Å². The number of halogens is 1. The van der Waals surface area contributed by atoms with Crippen LogP contribution in [0.2, 0.25) is 5.02 Å². The molecule has 1 aliphatic heterocycles. The van der Waals surface area contributed by atoms with E-state index in [0.29, 0.717) is 6.54 Å². The first-order valence-corrected chi connectivity index (χ1v) is 7.16. The molecule has 3 rings (SSSR count). The van der Waals surface area contributed by atoms with Crippen LogP contribution in [0.4, 0.5) is 0 Å². The standard InChI is InChI=1S/C15H18ClN3O/c1-14(2)7-8-15(20-14,9-19-11-17-10-18-19)12-3-5-13(16)6-4-12/h3-6,10-11H,7-9H2,1-2H3. The van der Waals surface area contributed by atoms with Crippen molar-refractivity contribution >= 4 is 11.6 Å². The number of rotatable bonds is 3. The van der Waals surface area contributed by atoms with Crippen molar-refractivity contribution in [1.82, 2.24) is 14.8 Å². The van der Waals surface area contributed by atoms with E-state index in [1.54, 1.807) is 12.7 Å². The van der Waals surface area contributed by atoms with Crippen molar-refractivity contribution in [3.8, 4) is 0 Å². The van der Waals surface area contributed by atoms with Crippen LogP contribution in [0.1, 0.15) is 32.3 Å². The Morgan fingerprint density at radius 2 is 2.00 bits per heavy atom. The van der Waals surface area contributed by atoms with Crippen LogP contribution in [0.15, 0.2) is 36.9 Å². The molecule has 0 saturated carbocycles. The second kappa shape index (κ2) is 4.86. The molecule has 1 unspecified atom stereocenters. The van der Waals surface area contributed by atoms with Gasteiger partial charge in [-0.1, -0.05) is 23.7 Å². The van der Waals surface area contributed by atoms with E-state index in [1.807, 2.05) is 28.9 Å². The molecule has 1 aromatic heterocycles. The Morgan fingerprint density at radius 3 is 2.55 bits per heavy atom. The number of aromatic nitrogens is 3. The molecule has 2 aromatic rings. The number of hydrogen-bond donors (Lipinski definition) is 0. The van der Waals surface area contributed by atoms with Gasteiger partial charge in [0, 0.05) is 5.02 Å². The number of hydrogen-bond acceptors (Lipinski definition) is 3. The molecule has 5 heteroatoms. The fourth-order valence-corrected chi connectivity index (χ4v) is 3.00. The zero-order chi connectivity index (χ0) is 14.2. The van der Waals surface area contributed by atoms with Gasteiger partial charge in [-0.05, 0) is 44.4 Å². The van der Waals surface area contributed by atoms with E-state index in [-0.39, 0.29) is 11.2 Å². The zero-order valence-corrected chi connectivity index (χ0v) is 12.5. The fraction of sp³-hybridized carbons (Fsp3) is 0.467. The van der Waals surface area contributed by atoms with Crippen molar-refractivity contribution in [2.75, 3.05) is 0 Å². The normalized spacial score (nSPS) is 24.9. The Kier molecular flexibility index (Phi) is 3.30. The van der Waals surface area contributed by atoms with Gasteiger partial charge in [-0.3, -0.25) is 0 Å². The third kappa shape index (κ3) is 2.58. The number of ether oxygens (including phenoxy) is 1. The minimum Gasteiger partial charge on any atom is -0.362 e. The molecule has 0 bridgehead atoms. The lowest BCUT2D eigenvalue weighted by Crippen LogP contribution is -2.34. The third-order valence-corrected chi connectivity index (χ3v) is 4.11. The summed E-state index contributed by atoms with van der Waals surface area (Å²) in [7, 11) is 0. The summed E-state index contributed by atoms with van der Waals surface area (Å²) in [4.78, 5) is 4.01. The van der Waals surface area contributed by atoms with Crippen LogP contribution in [0.3, 0.4) is 0 Å². The SMILES string of the molecule is CC1(C)CCC(Cn2cncn2)(c2ccc(Cl)cc2)O1. The molecule has 0 N–H and O–H groups in total. The number of benzene rings is 1. The molecular formula is C15H18ClN3O. The van der Waals surface area contributed by atoms with Crippen LogP contribution in [0.5, 0.6) is 0 Å². The van der Waals surface area contributed by atoms with Gasteiger partial charge in [-0.2, -0.15) is 5.10 Å². The quantitative estimate of drug-likeness (QED) is 0.870. The highest BCUT2D eigenvalue weighted by Crippen LogP contribution is 2.45. The molecule has 20 heavy (non-hydrogen) atoms. The smallest absolute Gasteiger partial charge is 0.137 e. The molecule has 0 aliphatic carbocycles. The Labute approximate surface area is 123 Å². The first-order chi connectivity index (χ1) is 9.49. The Hall–Kier alpha value is -1.39. The van der Waals surface area contributed by atoms with E-state index < -0.39 is 0 Å². The molecule has 0 spiro atoms. The Balaban J connectivity index is 1.97. The van der Waals surface area contributed by atoms with Gasteiger partial charge in [0.25, 0.3) is 0 Å². The minimum atomic E-state index is -0.359. The van der Waals surface area contributed by atoms with Crippen molar-refractivity contribution in [1.29, 1.82) is 0 Å². The molecule has 2 heterocycles. The van der Waals surface area contributed by atoms with E-state index in [4.69, 9.17) is 16.3 Å². The second-order valence-corrected chi connectivity index (χ2v) is 6.39. The first kappa shape index (κ1) is 13.6. The predicted molar refractivity (Wildman–Crippen MR) is 77.6 cm³/mol. The van der Waals surface area contributed by atoms with Crippen LogP contribution in [0.25, 0.3) is 0 Å². The van der Waals surface area contributed by atoms with Crippen LogP contribution < -0.4 is 0 Å². The van der Waals surface area contributed by atoms with Crippen molar-refractivity contribution in [2.24, 2.45) is 0 Å². The van der Waals surface area contributed by atoms with Gasteiger partial charge in [0.2, 0.25) is 0 Å². The molecule has 1 atom stereocenters. The molecule has 0 amide bonds. The average Bonchev–Trinajstić information content (AvgIpc) is 2.99. The van der Waals surface area contributed by atoms with Crippen LogP contribution in [-0.2, 0) is 16.9 Å². The average molecular weight is 292 g/mol. The van der Waals surface area contributed by atoms with E-state index in [9.17, 15) is 0 Å². The highest BCUT2D eigenvalue weighted by molar-refractivity contribution is 6.30. The van der Waals surface area contributed by atoms with Gasteiger partial charge in [0.15, 0.2) is 0 Å². The summed E-state index contributed by atoms with van der Waals surface area (Å²) in [5, 5.41) is 4.95. The maximum atomic E-state index is 6.40. The van der Waals surface area contributed by atoms with E-state index in [2.05, 4.69) is 23.9 Å². The molecule has 106 valence electrons. The topological polar surface area (TPSA) is 39.9 Å². The summed E-state index contributed by atoms with van der Waals surface area (Å²) in [6.45, 7) is 4.93. The lowest BCUT2D eigenvalue weighted by molar-refractivity contribution is -0.101. The minimum absolute atomic E-state index is 0.125. The second-order valence-electron chi connectivity index (χ2n) is 5.96. The van der Waals surface area contributed by atoms with Gasteiger partial charge in [-0.25, -0.2) is 9.67 Å². The maximum Gasteiger partial charge on any atom is 0.137 e. The fourth-order valence-electron chi connectivity index (χ4n) is 2.87. The van der Waals surface area contributed by atoms with Crippen molar-refractivity contribution in [2.45, 2.75) is 44.4 Å². The molecule has 0 radical (unpaired) electrons. The van der Waals surface area contributed by atoms with Crippen molar-refractivity contribution in [3.05, 3.63) is 47.5 Å². The first-order valence-electron chi connectivity index (χ1n) is 6.78. The largest absolute Gasteiger partial charge is 0.362 e. The van der Waals surface area contributed by atoms with Gasteiger partial charge in [0.05, 0.1) is 12.1 Å². The van der Waals surface area contributed by atoms with Crippen molar-refractivity contribution in [3.63, 3.8) is 0 Å². The van der Waals surface area contributed by atoms with Gasteiger partial charge >= 0.3 is 0 Å². The van der Waals surface area contributed by atoms with Crippen LogP contribution >= 0.6 is 11.6 Å². The summed E-state index contributed by atoms with van der Waals surface area (Å²) in [5.74, 6) is 0. The molecule has 1 aromatic carbocycles. The summed E-state index contributed by atoms with van der Waals surface area (Å²) in [5.41, 5.74) is 0.658. The van der Waals surface area contributed by atoms with Crippen molar-refractivity contribution < 1.29 is 4.74 Å². The van der Waals surface area contributed by atoms with Gasteiger partial charge < -0.3 is 4.74 Å². The Morgan fingerprint density at radius 1 is 1.25 bits per heavy atom. The van der Waals surface area contributed by atoms with Gasteiger partial charge in [-0.15, -0.1) is 0 Å². The lowest BCUT2D eigenvalue weighted by atomic mass is 9.90. The lowest BCUT2D eigenvalue weighted by Gasteiger charge is -2.32. The molecule has 1 saturated heterocycles. The maximum absolute atomic E-state index is 6.40. The molecule has 1 aliphatic rings. The highest BCUT2D eigenvalue weighted by atomic mass is 35.5. The molecule has 4 nitrogen and oxygen atoms in total. The molecular weight excluding hydrogens is 274 g/mol. The summed E-state index contributed by atoms with van der Waals surface area (Å²) >= 11 is 5.99. The predicted octanol–water partition coefficient (Wildman–Crippen LogP) is 3.42. The van der Waals surface area contributed by atoms with Crippen LogP contribution in [-0.4, -0.2) is 20.4 Å². The van der Waals surface area contributed by atoms with E-state index in [0.717, 1.165) is 23.4 Å². The summed E-state index contributed by atoms with van der Waals surface area (Å²) in [6.07, 6.45) is 5.26. The molecule has 1 fully saturated rings. The summed E-state index contributed by atoms with van der Waals surface area (Å²) in [6, 6.07) is 7.91. The third-order valence-electron chi connectivity index (χ3n) is 3.86. The Bertz CT molecular complexity index is 580. The zero-order valence-electron chi connectivity index (χ0n) is 11.7. The van der Waals surface area contributed by atoms with E-state index in [1.165, 1.54) is 0 Å². The van der Waals surface area contributed by atoms with Gasteiger partial charge in [0.1, 0.15) is 18.3 Å².